The summed E-state index contributed by atoms with van der Waals surface area (Å²) in [6.07, 6.45) is 0. The van der Waals surface area contributed by atoms with E-state index < -0.39 is 0 Å². The molecule has 0 heterocycles. The summed E-state index contributed by atoms with van der Waals surface area (Å²) in [5, 5.41) is 2.49. The van der Waals surface area contributed by atoms with Gasteiger partial charge in [0, 0.05) is 17.1 Å². The molecule has 0 radical (unpaired) electrons. The Hall–Kier alpha value is -6.96. The zero-order valence-corrected chi connectivity index (χ0v) is 29.3. The number of hydrogen-bond acceptors (Lipinski definition) is 1. The minimum absolute atomic E-state index is 1.10. The van der Waals surface area contributed by atoms with Gasteiger partial charge in [-0.2, -0.15) is 0 Å². The van der Waals surface area contributed by atoms with E-state index in [0.29, 0.717) is 0 Å². The van der Waals surface area contributed by atoms with Crippen LogP contribution in [0.5, 0.6) is 0 Å². The average molecular weight is 676 g/mol. The highest BCUT2D eigenvalue weighted by atomic mass is 15.1. The van der Waals surface area contributed by atoms with Crippen molar-refractivity contribution in [1.82, 2.24) is 0 Å². The van der Waals surface area contributed by atoms with Gasteiger partial charge in [0.1, 0.15) is 0 Å². The number of rotatable bonds is 8. The molecule has 0 saturated heterocycles. The van der Waals surface area contributed by atoms with Crippen LogP contribution in [0.2, 0.25) is 0 Å². The van der Waals surface area contributed by atoms with E-state index in [0.717, 1.165) is 17.1 Å². The second-order valence-electron chi connectivity index (χ2n) is 13.4. The minimum atomic E-state index is 1.10. The lowest BCUT2D eigenvalue weighted by atomic mass is 9.99. The summed E-state index contributed by atoms with van der Waals surface area (Å²) in [5.74, 6) is 0. The van der Waals surface area contributed by atoms with Crippen LogP contribution in [-0.2, 0) is 0 Å². The molecular formula is C52H37N. The molecule has 0 N–H and O–H groups in total. The zero-order valence-electron chi connectivity index (χ0n) is 29.3. The summed E-state index contributed by atoms with van der Waals surface area (Å²) in [6.45, 7) is 0. The van der Waals surface area contributed by atoms with Crippen molar-refractivity contribution in [2.45, 2.75) is 0 Å². The molecular weight excluding hydrogens is 639 g/mol. The van der Waals surface area contributed by atoms with E-state index >= 15 is 0 Å². The van der Waals surface area contributed by atoms with Crippen LogP contribution < -0.4 is 4.90 Å². The van der Waals surface area contributed by atoms with E-state index in [1.807, 2.05) is 0 Å². The molecule has 0 amide bonds. The highest BCUT2D eigenvalue weighted by Gasteiger charge is 2.15. The lowest BCUT2D eigenvalue weighted by molar-refractivity contribution is 1.28. The first kappa shape index (κ1) is 32.0. The van der Waals surface area contributed by atoms with Gasteiger partial charge in [-0.25, -0.2) is 0 Å². The lowest BCUT2D eigenvalue weighted by Gasteiger charge is -2.26. The Morgan fingerprint density at radius 3 is 1.00 bits per heavy atom. The van der Waals surface area contributed by atoms with Gasteiger partial charge in [0.15, 0.2) is 0 Å². The molecule has 0 fully saturated rings. The van der Waals surface area contributed by atoms with Gasteiger partial charge >= 0.3 is 0 Å². The molecule has 1 heteroatoms. The van der Waals surface area contributed by atoms with Gasteiger partial charge in [-0.3, -0.25) is 0 Å². The Kier molecular flexibility index (Phi) is 8.66. The first-order valence-corrected chi connectivity index (χ1v) is 18.2. The molecule has 250 valence electrons. The largest absolute Gasteiger partial charge is 0.310 e. The van der Waals surface area contributed by atoms with Crippen LogP contribution in [-0.4, -0.2) is 0 Å². The van der Waals surface area contributed by atoms with Gasteiger partial charge in [-0.05, 0) is 109 Å². The molecule has 0 aliphatic heterocycles. The van der Waals surface area contributed by atoms with Crippen molar-refractivity contribution in [2.24, 2.45) is 0 Å². The Morgan fingerprint density at radius 2 is 0.528 bits per heavy atom. The van der Waals surface area contributed by atoms with E-state index in [1.165, 1.54) is 66.4 Å². The highest BCUT2D eigenvalue weighted by Crippen LogP contribution is 2.39. The summed E-state index contributed by atoms with van der Waals surface area (Å²) in [7, 11) is 0. The van der Waals surface area contributed by atoms with Crippen molar-refractivity contribution in [3.8, 4) is 55.6 Å². The maximum absolute atomic E-state index is 2.36. The maximum Gasteiger partial charge on any atom is 0.0467 e. The van der Waals surface area contributed by atoms with Crippen LogP contribution in [0.4, 0.5) is 17.1 Å². The van der Waals surface area contributed by atoms with Gasteiger partial charge in [0.2, 0.25) is 0 Å². The standard InChI is InChI=1S/C52H37N/c1-3-10-38(11-4-1)41-18-22-43(23-19-41)45-28-32-50(33-29-45)53(52-17-9-16-48(37-52)49-27-26-40-14-7-8-15-47(40)36-49)51-34-30-46(31-35-51)44-24-20-42(21-25-44)39-12-5-2-6-13-39/h1-37H. The summed E-state index contributed by atoms with van der Waals surface area (Å²) < 4.78 is 0. The fraction of sp³-hybridized carbons (Fsp3) is 0. The number of benzene rings is 9. The van der Waals surface area contributed by atoms with E-state index in [-0.39, 0.29) is 0 Å². The molecule has 0 saturated carbocycles. The number of hydrogen-bond donors (Lipinski definition) is 0. The van der Waals surface area contributed by atoms with E-state index in [4.69, 9.17) is 0 Å². The van der Waals surface area contributed by atoms with Crippen molar-refractivity contribution in [2.75, 3.05) is 4.90 Å². The molecule has 0 unspecified atom stereocenters. The Morgan fingerprint density at radius 1 is 0.189 bits per heavy atom. The van der Waals surface area contributed by atoms with Crippen LogP contribution in [0, 0.1) is 0 Å². The van der Waals surface area contributed by atoms with E-state index in [9.17, 15) is 0 Å². The van der Waals surface area contributed by atoms with Crippen molar-refractivity contribution < 1.29 is 0 Å². The Labute approximate surface area is 311 Å². The molecule has 0 aromatic heterocycles. The molecule has 0 atom stereocenters. The van der Waals surface area contributed by atoms with Gasteiger partial charge < -0.3 is 4.90 Å². The molecule has 9 rings (SSSR count). The van der Waals surface area contributed by atoms with E-state index in [1.54, 1.807) is 0 Å². The normalized spacial score (nSPS) is 11.0. The molecule has 0 spiro atoms. The van der Waals surface area contributed by atoms with Crippen LogP contribution in [0.1, 0.15) is 0 Å². The van der Waals surface area contributed by atoms with Gasteiger partial charge in [-0.1, -0.05) is 182 Å². The fourth-order valence-corrected chi connectivity index (χ4v) is 7.22. The fourth-order valence-electron chi connectivity index (χ4n) is 7.22. The smallest absolute Gasteiger partial charge is 0.0467 e. The highest BCUT2D eigenvalue weighted by molar-refractivity contribution is 5.89. The van der Waals surface area contributed by atoms with Crippen LogP contribution >= 0.6 is 0 Å². The minimum Gasteiger partial charge on any atom is -0.310 e. The van der Waals surface area contributed by atoms with E-state index in [2.05, 4.69) is 229 Å². The van der Waals surface area contributed by atoms with Gasteiger partial charge in [0.25, 0.3) is 0 Å². The summed E-state index contributed by atoms with van der Waals surface area (Å²) in [4.78, 5) is 2.36. The summed E-state index contributed by atoms with van der Waals surface area (Å²) >= 11 is 0. The van der Waals surface area contributed by atoms with Crippen molar-refractivity contribution in [1.29, 1.82) is 0 Å². The molecule has 9 aromatic rings. The molecule has 0 aliphatic rings. The zero-order chi connectivity index (χ0) is 35.4. The third-order valence-electron chi connectivity index (χ3n) is 10.1. The molecule has 1 nitrogen and oxygen atoms in total. The Balaban J connectivity index is 1.06. The molecule has 0 aliphatic carbocycles. The third kappa shape index (κ3) is 6.77. The predicted octanol–water partition coefficient (Wildman–Crippen LogP) is 14.6. The van der Waals surface area contributed by atoms with Crippen molar-refractivity contribution in [3.05, 3.63) is 224 Å². The van der Waals surface area contributed by atoms with Crippen LogP contribution in [0.25, 0.3) is 66.4 Å². The molecule has 9 aromatic carbocycles. The van der Waals surface area contributed by atoms with Crippen LogP contribution in [0.3, 0.4) is 0 Å². The first-order chi connectivity index (χ1) is 26.2. The second-order valence-corrected chi connectivity index (χ2v) is 13.4. The summed E-state index contributed by atoms with van der Waals surface area (Å²) in [5.41, 5.74) is 15.4. The molecule has 53 heavy (non-hydrogen) atoms. The first-order valence-electron chi connectivity index (χ1n) is 18.2. The van der Waals surface area contributed by atoms with Crippen LogP contribution in [0.15, 0.2) is 224 Å². The van der Waals surface area contributed by atoms with Gasteiger partial charge in [-0.15, -0.1) is 0 Å². The molecule has 0 bridgehead atoms. The summed E-state index contributed by atoms with van der Waals surface area (Å²) in [6, 6.07) is 80.8. The maximum atomic E-state index is 2.36. The third-order valence-corrected chi connectivity index (χ3v) is 10.1. The number of fused-ring (bicyclic) bond motifs is 1. The van der Waals surface area contributed by atoms with Gasteiger partial charge in [0.05, 0.1) is 0 Å². The monoisotopic (exact) mass is 675 g/mol. The number of nitrogens with zero attached hydrogens (tertiary/aromatic N) is 1. The average Bonchev–Trinajstić information content (AvgIpc) is 3.25. The predicted molar refractivity (Wildman–Crippen MR) is 226 cm³/mol. The lowest BCUT2D eigenvalue weighted by Crippen LogP contribution is -2.10. The topological polar surface area (TPSA) is 3.24 Å². The second kappa shape index (κ2) is 14.3. The van der Waals surface area contributed by atoms with Crippen molar-refractivity contribution >= 4 is 27.8 Å². The number of anilines is 3. The quantitative estimate of drug-likeness (QED) is 0.155. The Bertz CT molecular complexity index is 2480. The van der Waals surface area contributed by atoms with Crippen molar-refractivity contribution in [3.63, 3.8) is 0 Å². The SMILES string of the molecule is c1ccc(-c2ccc(-c3ccc(N(c4ccc(-c5ccc(-c6ccccc6)cc5)cc4)c4cccc(-c5ccc6ccccc6c5)c4)cc3)cc2)cc1.